The summed E-state index contributed by atoms with van der Waals surface area (Å²) in [4.78, 5) is 8.29. The van der Waals surface area contributed by atoms with Crippen LogP contribution in [-0.2, 0) is 4.74 Å². The smallest absolute Gasteiger partial charge is 0.226 e. The predicted octanol–water partition coefficient (Wildman–Crippen LogP) is 1.41. The van der Waals surface area contributed by atoms with E-state index in [1.807, 2.05) is 6.92 Å². The predicted molar refractivity (Wildman–Crippen MR) is 61.6 cm³/mol. The lowest BCUT2D eigenvalue weighted by Crippen LogP contribution is -2.27. The first-order chi connectivity index (χ1) is 7.15. The Labute approximate surface area is 96.6 Å². The lowest BCUT2D eigenvalue weighted by molar-refractivity contribution is 0.121. The minimum Gasteiger partial charge on any atom is -0.383 e. The molecular formula is C9H13BrN4O. The Bertz CT molecular complexity index is 340. The second-order valence-corrected chi connectivity index (χ2v) is 4.37. The summed E-state index contributed by atoms with van der Waals surface area (Å²) < 4.78 is 6.12. The van der Waals surface area contributed by atoms with Crippen molar-refractivity contribution in [3.8, 4) is 0 Å². The van der Waals surface area contributed by atoms with Gasteiger partial charge in [0, 0.05) is 12.7 Å². The van der Waals surface area contributed by atoms with Crippen molar-refractivity contribution in [3.63, 3.8) is 0 Å². The Balaban J connectivity index is 2.10. The molecule has 2 heterocycles. The molecule has 3 N–H and O–H groups in total. The van der Waals surface area contributed by atoms with Gasteiger partial charge in [0.1, 0.15) is 10.4 Å². The van der Waals surface area contributed by atoms with E-state index in [9.17, 15) is 0 Å². The van der Waals surface area contributed by atoms with Crippen molar-refractivity contribution in [2.75, 3.05) is 17.7 Å². The van der Waals surface area contributed by atoms with Crippen LogP contribution in [0.5, 0.6) is 0 Å². The Morgan fingerprint density at radius 1 is 1.60 bits per heavy atom. The average Bonchev–Trinajstić information content (AvgIpc) is 2.50. The average molecular weight is 273 g/mol. The van der Waals surface area contributed by atoms with Crippen LogP contribution in [-0.4, -0.2) is 28.7 Å². The fourth-order valence-electron chi connectivity index (χ4n) is 1.59. The van der Waals surface area contributed by atoms with Gasteiger partial charge >= 0.3 is 0 Å². The molecule has 6 heteroatoms. The maximum absolute atomic E-state index is 5.62. The van der Waals surface area contributed by atoms with Crippen LogP contribution in [0, 0.1) is 0 Å². The van der Waals surface area contributed by atoms with Gasteiger partial charge in [0.05, 0.1) is 12.1 Å². The molecule has 1 saturated heterocycles. The Hall–Kier alpha value is -0.880. The standard InChI is InChI=1S/C9H13BrN4O/c1-5-6(2-3-15-5)12-9-13-7(10)4-8(11)14-9/h4-6H,2-3H2,1H3,(H3,11,12,13,14). The highest BCUT2D eigenvalue weighted by molar-refractivity contribution is 9.10. The van der Waals surface area contributed by atoms with Crippen molar-refractivity contribution in [1.82, 2.24) is 9.97 Å². The molecule has 1 aliphatic heterocycles. The van der Waals surface area contributed by atoms with Gasteiger partial charge in [0.15, 0.2) is 0 Å². The van der Waals surface area contributed by atoms with Gasteiger partial charge in [0.25, 0.3) is 0 Å². The maximum Gasteiger partial charge on any atom is 0.226 e. The summed E-state index contributed by atoms with van der Waals surface area (Å²) in [6.45, 7) is 2.81. The second kappa shape index (κ2) is 4.32. The van der Waals surface area contributed by atoms with E-state index in [2.05, 4.69) is 31.2 Å². The number of nitrogens with two attached hydrogens (primary N) is 1. The largest absolute Gasteiger partial charge is 0.383 e. The van der Waals surface area contributed by atoms with Crippen LogP contribution >= 0.6 is 15.9 Å². The highest BCUT2D eigenvalue weighted by Crippen LogP contribution is 2.18. The van der Waals surface area contributed by atoms with Crippen molar-refractivity contribution < 1.29 is 4.74 Å². The van der Waals surface area contributed by atoms with Gasteiger partial charge < -0.3 is 15.8 Å². The molecule has 5 nitrogen and oxygen atoms in total. The van der Waals surface area contributed by atoms with Crippen LogP contribution in [0.15, 0.2) is 10.7 Å². The zero-order valence-corrected chi connectivity index (χ0v) is 9.99. The van der Waals surface area contributed by atoms with Gasteiger partial charge in [-0.1, -0.05) is 0 Å². The number of nitrogens with zero attached hydrogens (tertiary/aromatic N) is 2. The van der Waals surface area contributed by atoms with Crippen LogP contribution in [0.3, 0.4) is 0 Å². The number of rotatable bonds is 2. The minimum absolute atomic E-state index is 0.189. The third-order valence-corrected chi connectivity index (χ3v) is 2.81. The number of aromatic nitrogens is 2. The zero-order chi connectivity index (χ0) is 10.8. The van der Waals surface area contributed by atoms with E-state index in [1.54, 1.807) is 6.07 Å². The molecule has 0 saturated carbocycles. The topological polar surface area (TPSA) is 73.1 Å². The molecule has 1 aromatic heterocycles. The summed E-state index contributed by atoms with van der Waals surface area (Å²) in [5, 5.41) is 3.22. The van der Waals surface area contributed by atoms with Crippen LogP contribution in [0.4, 0.5) is 11.8 Å². The zero-order valence-electron chi connectivity index (χ0n) is 8.40. The molecule has 2 unspecified atom stereocenters. The molecule has 0 aromatic carbocycles. The van der Waals surface area contributed by atoms with Crippen molar-refractivity contribution in [1.29, 1.82) is 0 Å². The molecule has 0 radical (unpaired) electrons. The Morgan fingerprint density at radius 2 is 2.40 bits per heavy atom. The third-order valence-electron chi connectivity index (χ3n) is 2.41. The quantitative estimate of drug-likeness (QED) is 0.797. The molecule has 1 aliphatic rings. The molecule has 82 valence electrons. The fraction of sp³-hybridized carbons (Fsp3) is 0.556. The number of nitrogen functional groups attached to an aromatic ring is 1. The molecule has 0 amide bonds. The summed E-state index contributed by atoms with van der Waals surface area (Å²) in [7, 11) is 0. The number of halogens is 1. The number of anilines is 2. The van der Waals surface area contributed by atoms with E-state index in [4.69, 9.17) is 10.5 Å². The summed E-state index contributed by atoms with van der Waals surface area (Å²) in [5.41, 5.74) is 5.62. The number of ether oxygens (including phenoxy) is 1. The maximum atomic E-state index is 5.62. The van der Waals surface area contributed by atoms with E-state index in [0.717, 1.165) is 13.0 Å². The van der Waals surface area contributed by atoms with Crippen LogP contribution in [0.1, 0.15) is 13.3 Å². The normalized spacial score (nSPS) is 25.5. The van der Waals surface area contributed by atoms with Crippen molar-refractivity contribution in [2.24, 2.45) is 0 Å². The molecule has 2 rings (SSSR count). The number of nitrogens with one attached hydrogen (secondary N) is 1. The Morgan fingerprint density at radius 3 is 3.00 bits per heavy atom. The van der Waals surface area contributed by atoms with E-state index in [1.165, 1.54) is 0 Å². The van der Waals surface area contributed by atoms with E-state index < -0.39 is 0 Å². The van der Waals surface area contributed by atoms with Gasteiger partial charge in [-0.25, -0.2) is 4.98 Å². The number of hydrogen-bond acceptors (Lipinski definition) is 5. The summed E-state index contributed by atoms with van der Waals surface area (Å²) in [6.07, 6.45) is 1.16. The molecule has 2 atom stereocenters. The minimum atomic E-state index is 0.189. The molecule has 1 aromatic rings. The van der Waals surface area contributed by atoms with Gasteiger partial charge in [-0.2, -0.15) is 4.98 Å². The first-order valence-corrected chi connectivity index (χ1v) is 5.62. The van der Waals surface area contributed by atoms with Gasteiger partial charge in [-0.3, -0.25) is 0 Å². The monoisotopic (exact) mass is 272 g/mol. The lowest BCUT2D eigenvalue weighted by atomic mass is 10.2. The fourth-order valence-corrected chi connectivity index (χ4v) is 1.99. The highest BCUT2D eigenvalue weighted by Gasteiger charge is 2.24. The Kier molecular flexibility index (Phi) is 3.06. The third kappa shape index (κ3) is 2.57. The van der Waals surface area contributed by atoms with Gasteiger partial charge in [0.2, 0.25) is 5.95 Å². The van der Waals surface area contributed by atoms with Gasteiger partial charge in [-0.15, -0.1) is 0 Å². The lowest BCUT2D eigenvalue weighted by Gasteiger charge is -2.15. The first kappa shape index (κ1) is 10.6. The SMILES string of the molecule is CC1OCCC1Nc1nc(N)cc(Br)n1. The van der Waals surface area contributed by atoms with E-state index >= 15 is 0 Å². The molecular weight excluding hydrogens is 260 g/mol. The molecule has 1 fully saturated rings. The number of hydrogen-bond donors (Lipinski definition) is 2. The van der Waals surface area contributed by atoms with Crippen LogP contribution in [0.25, 0.3) is 0 Å². The van der Waals surface area contributed by atoms with Crippen molar-refractivity contribution in [3.05, 3.63) is 10.7 Å². The second-order valence-electron chi connectivity index (χ2n) is 3.55. The molecule has 0 bridgehead atoms. The summed E-state index contributed by atoms with van der Waals surface area (Å²) in [6, 6.07) is 1.93. The highest BCUT2D eigenvalue weighted by atomic mass is 79.9. The molecule has 15 heavy (non-hydrogen) atoms. The van der Waals surface area contributed by atoms with Gasteiger partial charge in [-0.05, 0) is 29.3 Å². The van der Waals surface area contributed by atoms with Crippen molar-refractivity contribution >= 4 is 27.7 Å². The van der Waals surface area contributed by atoms with Crippen molar-refractivity contribution in [2.45, 2.75) is 25.5 Å². The molecule has 0 spiro atoms. The van der Waals surface area contributed by atoms with Crippen LogP contribution < -0.4 is 11.1 Å². The van der Waals surface area contributed by atoms with E-state index in [0.29, 0.717) is 16.4 Å². The first-order valence-electron chi connectivity index (χ1n) is 4.83. The van der Waals surface area contributed by atoms with E-state index in [-0.39, 0.29) is 12.1 Å². The van der Waals surface area contributed by atoms with Crippen LogP contribution in [0.2, 0.25) is 0 Å². The summed E-state index contributed by atoms with van der Waals surface area (Å²) in [5.74, 6) is 0.996. The molecule has 0 aliphatic carbocycles. The summed E-state index contributed by atoms with van der Waals surface area (Å²) >= 11 is 3.28.